The second-order valence-corrected chi connectivity index (χ2v) is 8.25. The Morgan fingerprint density at radius 3 is 2.29 bits per heavy atom. The van der Waals surface area contributed by atoms with Crippen molar-refractivity contribution in [1.82, 2.24) is 0 Å². The summed E-state index contributed by atoms with van der Waals surface area (Å²) in [5.74, 6) is 0.932. The van der Waals surface area contributed by atoms with Gasteiger partial charge in [0.1, 0.15) is 12.4 Å². The molecule has 2 nitrogen and oxygen atoms in total. The topological polar surface area (TPSA) is 26.3 Å². The molecule has 1 aliphatic heterocycles. The molecule has 0 aliphatic carbocycles. The standard InChI is InChI=1S/C25H22O2S/c1-16-12-17(2)22(18(3)13-16)15-27-20-10-8-19(9-11-20)14-24-25(26)21-6-4-5-7-23(21)28-24/h4-14H,15H2,1-3H3/b24-14-. The van der Waals surface area contributed by atoms with Crippen molar-refractivity contribution in [3.8, 4) is 5.75 Å². The van der Waals surface area contributed by atoms with Crippen LogP contribution >= 0.6 is 11.8 Å². The zero-order chi connectivity index (χ0) is 19.7. The number of aryl methyl sites for hydroxylation is 3. The van der Waals surface area contributed by atoms with Gasteiger partial charge < -0.3 is 4.74 Å². The Morgan fingerprint density at radius 1 is 0.929 bits per heavy atom. The molecule has 0 fully saturated rings. The molecular formula is C25H22O2S. The highest BCUT2D eigenvalue weighted by Crippen LogP contribution is 2.40. The molecule has 0 atom stereocenters. The fourth-order valence-electron chi connectivity index (χ4n) is 3.54. The van der Waals surface area contributed by atoms with Crippen LogP contribution in [-0.4, -0.2) is 5.78 Å². The van der Waals surface area contributed by atoms with Crippen molar-refractivity contribution in [3.05, 3.63) is 98.9 Å². The lowest BCUT2D eigenvalue weighted by molar-refractivity contribution is 0.104. The highest BCUT2D eigenvalue weighted by atomic mass is 32.2. The molecule has 28 heavy (non-hydrogen) atoms. The summed E-state index contributed by atoms with van der Waals surface area (Å²) in [6.07, 6.45) is 1.95. The number of rotatable bonds is 4. The minimum absolute atomic E-state index is 0.103. The second-order valence-electron chi connectivity index (χ2n) is 7.17. The van der Waals surface area contributed by atoms with Crippen molar-refractivity contribution in [2.75, 3.05) is 0 Å². The Balaban J connectivity index is 1.46. The number of hydrogen-bond acceptors (Lipinski definition) is 3. The third-order valence-electron chi connectivity index (χ3n) is 4.98. The van der Waals surface area contributed by atoms with Crippen LogP contribution in [0.15, 0.2) is 70.5 Å². The Kier molecular flexibility index (Phi) is 5.10. The van der Waals surface area contributed by atoms with Crippen molar-refractivity contribution in [3.63, 3.8) is 0 Å². The van der Waals surface area contributed by atoms with E-state index in [4.69, 9.17) is 4.74 Å². The fourth-order valence-corrected chi connectivity index (χ4v) is 4.59. The average molecular weight is 387 g/mol. The van der Waals surface area contributed by atoms with Gasteiger partial charge in [-0.15, -0.1) is 0 Å². The maximum Gasteiger partial charge on any atom is 0.200 e. The van der Waals surface area contributed by atoms with Crippen LogP contribution in [0.5, 0.6) is 5.75 Å². The number of thioether (sulfide) groups is 1. The first kappa shape index (κ1) is 18.6. The molecule has 3 aromatic rings. The van der Waals surface area contributed by atoms with Crippen molar-refractivity contribution in [2.24, 2.45) is 0 Å². The van der Waals surface area contributed by atoms with Gasteiger partial charge in [-0.1, -0.05) is 53.7 Å². The van der Waals surface area contributed by atoms with Gasteiger partial charge in [0, 0.05) is 10.5 Å². The predicted molar refractivity (Wildman–Crippen MR) is 116 cm³/mol. The molecule has 3 heteroatoms. The summed E-state index contributed by atoms with van der Waals surface area (Å²) >= 11 is 1.54. The van der Waals surface area contributed by atoms with Crippen molar-refractivity contribution in [2.45, 2.75) is 32.3 Å². The molecule has 140 valence electrons. The minimum Gasteiger partial charge on any atom is -0.489 e. The van der Waals surface area contributed by atoms with Gasteiger partial charge in [-0.3, -0.25) is 4.79 Å². The van der Waals surface area contributed by atoms with Gasteiger partial charge in [0.2, 0.25) is 5.78 Å². The maximum absolute atomic E-state index is 12.5. The highest BCUT2D eigenvalue weighted by Gasteiger charge is 2.24. The SMILES string of the molecule is Cc1cc(C)c(COc2ccc(/C=C3\Sc4ccccc4C3=O)cc2)c(C)c1. The van der Waals surface area contributed by atoms with Gasteiger partial charge in [0.25, 0.3) is 0 Å². The van der Waals surface area contributed by atoms with Gasteiger partial charge in [-0.25, -0.2) is 0 Å². The van der Waals surface area contributed by atoms with E-state index in [-0.39, 0.29) is 5.78 Å². The van der Waals surface area contributed by atoms with Crippen LogP contribution < -0.4 is 4.74 Å². The van der Waals surface area contributed by atoms with E-state index in [2.05, 4.69) is 32.9 Å². The van der Waals surface area contributed by atoms with E-state index in [1.807, 2.05) is 54.6 Å². The monoisotopic (exact) mass is 386 g/mol. The molecule has 0 saturated carbocycles. The zero-order valence-corrected chi connectivity index (χ0v) is 17.1. The summed E-state index contributed by atoms with van der Waals surface area (Å²) in [5, 5.41) is 0. The molecule has 4 rings (SSSR count). The smallest absolute Gasteiger partial charge is 0.200 e. The zero-order valence-electron chi connectivity index (χ0n) is 16.3. The molecule has 0 N–H and O–H groups in total. The van der Waals surface area contributed by atoms with Crippen LogP contribution in [0.2, 0.25) is 0 Å². The number of ether oxygens (including phenoxy) is 1. The summed E-state index contributed by atoms with van der Waals surface area (Å²) in [6.45, 7) is 6.93. The molecule has 1 heterocycles. The van der Waals surface area contributed by atoms with Gasteiger partial charge in [0.15, 0.2) is 0 Å². The lowest BCUT2D eigenvalue weighted by atomic mass is 10.0. The van der Waals surface area contributed by atoms with E-state index in [0.717, 1.165) is 26.7 Å². The minimum atomic E-state index is 0.103. The van der Waals surface area contributed by atoms with Gasteiger partial charge in [-0.2, -0.15) is 0 Å². The first-order valence-electron chi connectivity index (χ1n) is 9.34. The largest absolute Gasteiger partial charge is 0.489 e. The molecule has 0 bridgehead atoms. The van der Waals surface area contributed by atoms with E-state index in [0.29, 0.717) is 6.61 Å². The molecule has 3 aromatic carbocycles. The quantitative estimate of drug-likeness (QED) is 0.477. The summed E-state index contributed by atoms with van der Waals surface area (Å²) in [5.41, 5.74) is 6.83. The lowest BCUT2D eigenvalue weighted by Gasteiger charge is -2.13. The Hall–Kier alpha value is -2.78. The Morgan fingerprint density at radius 2 is 1.61 bits per heavy atom. The fraction of sp³-hybridized carbons (Fsp3) is 0.160. The Bertz CT molecular complexity index is 1050. The number of carbonyl (C=O) groups is 1. The van der Waals surface area contributed by atoms with E-state index >= 15 is 0 Å². The summed E-state index contributed by atoms with van der Waals surface area (Å²) < 4.78 is 6.00. The molecule has 0 unspecified atom stereocenters. The van der Waals surface area contributed by atoms with Crippen LogP contribution in [0.25, 0.3) is 6.08 Å². The second kappa shape index (κ2) is 7.69. The third-order valence-corrected chi connectivity index (χ3v) is 6.08. The number of fused-ring (bicyclic) bond motifs is 1. The van der Waals surface area contributed by atoms with Crippen LogP contribution in [0, 0.1) is 20.8 Å². The van der Waals surface area contributed by atoms with E-state index in [1.54, 1.807) is 0 Å². The van der Waals surface area contributed by atoms with Gasteiger partial charge in [-0.05, 0) is 73.4 Å². The van der Waals surface area contributed by atoms with E-state index < -0.39 is 0 Å². The van der Waals surface area contributed by atoms with Crippen LogP contribution in [-0.2, 0) is 6.61 Å². The van der Waals surface area contributed by atoms with Crippen LogP contribution in [0.3, 0.4) is 0 Å². The van der Waals surface area contributed by atoms with Gasteiger partial charge in [0.05, 0.1) is 4.91 Å². The van der Waals surface area contributed by atoms with Crippen molar-refractivity contribution in [1.29, 1.82) is 0 Å². The first-order chi connectivity index (χ1) is 13.5. The number of carbonyl (C=O) groups excluding carboxylic acids is 1. The molecule has 0 aromatic heterocycles. The highest BCUT2D eigenvalue weighted by molar-refractivity contribution is 8.04. The molecule has 0 radical (unpaired) electrons. The van der Waals surface area contributed by atoms with Gasteiger partial charge >= 0.3 is 0 Å². The molecule has 0 amide bonds. The Labute approximate surface area is 170 Å². The molecule has 1 aliphatic rings. The summed E-state index contributed by atoms with van der Waals surface area (Å²) in [7, 11) is 0. The predicted octanol–water partition coefficient (Wildman–Crippen LogP) is 6.52. The van der Waals surface area contributed by atoms with E-state index in [1.165, 1.54) is 34.0 Å². The van der Waals surface area contributed by atoms with Crippen LogP contribution in [0.4, 0.5) is 0 Å². The van der Waals surface area contributed by atoms with Crippen molar-refractivity contribution < 1.29 is 9.53 Å². The molecule has 0 spiro atoms. The van der Waals surface area contributed by atoms with Crippen molar-refractivity contribution >= 4 is 23.6 Å². The lowest BCUT2D eigenvalue weighted by Crippen LogP contribution is -2.01. The number of allylic oxidation sites excluding steroid dienone is 1. The average Bonchev–Trinajstić information content (AvgIpc) is 2.98. The third kappa shape index (κ3) is 3.76. The van der Waals surface area contributed by atoms with E-state index in [9.17, 15) is 4.79 Å². The normalized spacial score (nSPS) is 14.4. The van der Waals surface area contributed by atoms with Crippen LogP contribution in [0.1, 0.15) is 38.2 Å². The molecular weight excluding hydrogens is 364 g/mol. The maximum atomic E-state index is 12.5. The number of ketones is 1. The molecule has 0 saturated heterocycles. The summed E-state index contributed by atoms with van der Waals surface area (Å²) in [6, 6.07) is 20.0. The number of hydrogen-bond donors (Lipinski definition) is 0. The first-order valence-corrected chi connectivity index (χ1v) is 10.2. The number of Topliss-reactive ketones (excluding diaryl/α,β-unsaturated/α-hetero) is 1. The number of benzene rings is 3. The summed E-state index contributed by atoms with van der Waals surface area (Å²) in [4.78, 5) is 14.3.